The Morgan fingerprint density at radius 1 is 0.800 bits per heavy atom. The Bertz CT molecular complexity index is 9.61. The largest absolute Gasteiger partial charge is 4.00 e. The summed E-state index contributed by atoms with van der Waals surface area (Å²) >= 11 is 0. The normalized spacial score (nSPS) is 0. The first kappa shape index (κ1) is 48.8. The molecular weight excluding hydrogens is 470 g/mol. The number of hydrogen-bond donors (Lipinski definition) is 0. The SMILES string of the molecule is [Ce+4].[O-2].[O-2].[Pt].[Rh]. The third kappa shape index (κ3) is 20.6. The maximum atomic E-state index is 0. The zero-order valence-electron chi connectivity index (χ0n) is 1.97. The Balaban J connectivity index is 0. The second-order valence-corrected chi connectivity index (χ2v) is 0. The molecule has 2 nitrogen and oxygen atoms in total. The number of rotatable bonds is 0. The monoisotopic (exact) mass is 470 g/mol. The van der Waals surface area contributed by atoms with E-state index >= 15 is 0 Å². The van der Waals surface area contributed by atoms with Gasteiger partial charge in [-0.1, -0.05) is 0 Å². The molecule has 0 aromatic heterocycles. The van der Waals surface area contributed by atoms with Crippen LogP contribution >= 0.6 is 0 Å². The molecule has 0 rings (SSSR count). The van der Waals surface area contributed by atoms with Crippen LogP contribution in [0.5, 0.6) is 0 Å². The van der Waals surface area contributed by atoms with Crippen LogP contribution < -0.4 is 0 Å². The van der Waals surface area contributed by atoms with E-state index in [1.165, 1.54) is 0 Å². The molecular formula is CeO2PtRh. The van der Waals surface area contributed by atoms with Crippen molar-refractivity contribution in [3.8, 4) is 0 Å². The predicted octanol–water partition coefficient (Wildman–Crippen LogP) is -0.243. The van der Waals surface area contributed by atoms with Crippen molar-refractivity contribution < 1.29 is 93.2 Å². The molecule has 5 heteroatoms. The second kappa shape index (κ2) is 30.6. The van der Waals surface area contributed by atoms with Crippen molar-refractivity contribution in [2.24, 2.45) is 0 Å². The quantitative estimate of drug-likeness (QED) is 0.440. The molecule has 5 heavy (non-hydrogen) atoms. The minimum atomic E-state index is 0. The van der Waals surface area contributed by atoms with E-state index in [9.17, 15) is 0 Å². The van der Waals surface area contributed by atoms with Crippen molar-refractivity contribution in [3.63, 3.8) is 0 Å². The Kier molecular flexibility index (Phi) is 298. The molecule has 0 aromatic rings. The van der Waals surface area contributed by atoms with Gasteiger partial charge >= 0.3 is 41.7 Å². The van der Waals surface area contributed by atoms with E-state index in [4.69, 9.17) is 0 Å². The van der Waals surface area contributed by atoms with Crippen molar-refractivity contribution in [3.05, 3.63) is 0 Å². The summed E-state index contributed by atoms with van der Waals surface area (Å²) < 4.78 is 0. The summed E-state index contributed by atoms with van der Waals surface area (Å²) in [6.45, 7) is 0. The van der Waals surface area contributed by atoms with Crippen LogP contribution in [0.15, 0.2) is 0 Å². The van der Waals surface area contributed by atoms with Crippen molar-refractivity contribution in [1.82, 2.24) is 0 Å². The first-order chi connectivity index (χ1) is 0. The Morgan fingerprint density at radius 2 is 0.800 bits per heavy atom. The molecule has 0 heterocycles. The third-order valence-corrected chi connectivity index (χ3v) is 0. The van der Waals surface area contributed by atoms with Gasteiger partial charge in [0.25, 0.3) is 0 Å². The minimum Gasteiger partial charge on any atom is -2.00 e. The molecule has 0 spiro atoms. The fourth-order valence-corrected chi connectivity index (χ4v) is 0. The van der Waals surface area contributed by atoms with Gasteiger partial charge in [-0.3, -0.25) is 0 Å². The predicted molar refractivity (Wildman–Crippen MR) is 1.37 cm³/mol. The summed E-state index contributed by atoms with van der Waals surface area (Å²) in [4.78, 5) is 0. The van der Waals surface area contributed by atoms with Crippen molar-refractivity contribution in [2.45, 2.75) is 0 Å². The van der Waals surface area contributed by atoms with Gasteiger partial charge < -0.3 is 11.0 Å². The molecule has 0 aliphatic rings. The molecule has 0 aliphatic carbocycles. The van der Waals surface area contributed by atoms with Crippen LogP contribution in [0.3, 0.4) is 0 Å². The third-order valence-electron chi connectivity index (χ3n) is 0. The van der Waals surface area contributed by atoms with Gasteiger partial charge in [0.2, 0.25) is 0 Å². The second-order valence-electron chi connectivity index (χ2n) is 0. The zero-order valence-corrected chi connectivity index (χ0v) is 9.02. The maximum absolute atomic E-state index is 0. The summed E-state index contributed by atoms with van der Waals surface area (Å²) in [6.07, 6.45) is 0. The van der Waals surface area contributed by atoms with Crippen molar-refractivity contribution >= 4 is 0 Å². The van der Waals surface area contributed by atoms with Crippen LogP contribution in [0.4, 0.5) is 0 Å². The summed E-state index contributed by atoms with van der Waals surface area (Å²) in [6, 6.07) is 0. The summed E-state index contributed by atoms with van der Waals surface area (Å²) in [5, 5.41) is 0. The average molecular weight is 470 g/mol. The van der Waals surface area contributed by atoms with Crippen molar-refractivity contribution in [1.29, 1.82) is 0 Å². The van der Waals surface area contributed by atoms with Gasteiger partial charge in [-0.15, -0.1) is 0 Å². The van der Waals surface area contributed by atoms with E-state index in [0.717, 1.165) is 0 Å². The molecule has 0 unspecified atom stereocenters. The van der Waals surface area contributed by atoms with Gasteiger partial charge in [0.15, 0.2) is 0 Å². The van der Waals surface area contributed by atoms with Gasteiger partial charge in [-0.2, -0.15) is 0 Å². The first-order valence-corrected chi connectivity index (χ1v) is 0. The van der Waals surface area contributed by atoms with Gasteiger partial charge in [-0.25, -0.2) is 0 Å². The van der Waals surface area contributed by atoms with Crippen LogP contribution in [-0.4, -0.2) is 0 Å². The summed E-state index contributed by atoms with van der Waals surface area (Å²) in [5.74, 6) is 0. The molecule has 0 aliphatic heterocycles. The molecule has 0 saturated heterocycles. The first-order valence-electron chi connectivity index (χ1n) is 0. The van der Waals surface area contributed by atoms with Gasteiger partial charge in [0.1, 0.15) is 0 Å². The van der Waals surface area contributed by atoms with E-state index in [1.54, 1.807) is 0 Å². The smallest absolute Gasteiger partial charge is 2.00 e. The summed E-state index contributed by atoms with van der Waals surface area (Å²) in [5.41, 5.74) is 0. The maximum Gasteiger partial charge on any atom is 4.00 e. The topological polar surface area (TPSA) is 57.0 Å². The molecule has 0 atom stereocenters. The Labute approximate surface area is 91.5 Å². The van der Waals surface area contributed by atoms with Gasteiger partial charge in [0.05, 0.1) is 0 Å². The molecule has 0 saturated carbocycles. The van der Waals surface area contributed by atoms with Crippen molar-refractivity contribution in [2.75, 3.05) is 0 Å². The summed E-state index contributed by atoms with van der Waals surface area (Å²) in [7, 11) is 0. The fourth-order valence-electron chi connectivity index (χ4n) is 0. The Morgan fingerprint density at radius 3 is 0.800 bits per heavy atom. The Hall–Kier alpha value is 2.61. The van der Waals surface area contributed by atoms with E-state index in [2.05, 4.69) is 0 Å². The zero-order chi connectivity index (χ0) is 0. The van der Waals surface area contributed by atoms with E-state index in [1.807, 2.05) is 0 Å². The van der Waals surface area contributed by atoms with Crippen LogP contribution in [0, 0.1) is 41.7 Å². The van der Waals surface area contributed by atoms with E-state index < -0.39 is 0 Å². The number of hydrogen-bond acceptors (Lipinski definition) is 0. The molecule has 0 aromatic carbocycles. The molecule has 0 amide bonds. The van der Waals surface area contributed by atoms with Crippen LogP contribution in [0.25, 0.3) is 0 Å². The molecule has 0 bridgehead atoms. The molecule has 35 valence electrons. The van der Waals surface area contributed by atoms with Gasteiger partial charge in [-0.05, 0) is 0 Å². The standard InChI is InChI=1S/Ce.2O.Pt.Rh/q+4;2*-2;;. The average Bonchev–Trinajstić information content (AvgIpc) is 0. The van der Waals surface area contributed by atoms with Crippen LogP contribution in [0.2, 0.25) is 0 Å². The van der Waals surface area contributed by atoms with E-state index in [-0.39, 0.29) is 93.2 Å². The fraction of sp³-hybridized carbons (Fsp3) is 0. The van der Waals surface area contributed by atoms with E-state index in [0.29, 0.717) is 0 Å². The van der Waals surface area contributed by atoms with Gasteiger partial charge in [0, 0.05) is 40.5 Å². The van der Waals surface area contributed by atoms with Crippen LogP contribution in [0.1, 0.15) is 0 Å². The minimum absolute atomic E-state index is 0. The van der Waals surface area contributed by atoms with Crippen LogP contribution in [-0.2, 0) is 51.5 Å². The molecule has 0 N–H and O–H groups in total. The molecule has 0 fully saturated rings. The molecule has 1 radical (unpaired) electrons.